The number of halogens is 1. The Kier molecular flexibility index (Phi) is 6.60. The largest absolute Gasteiger partial charge is 0.492 e. The summed E-state index contributed by atoms with van der Waals surface area (Å²) in [6.45, 7) is 5.54. The van der Waals surface area contributed by atoms with Crippen LogP contribution < -0.4 is 15.4 Å². The fourth-order valence-electron chi connectivity index (χ4n) is 1.97. The van der Waals surface area contributed by atoms with Crippen molar-refractivity contribution in [2.75, 3.05) is 20.2 Å². The molecule has 0 bridgehead atoms. The molecule has 24 heavy (non-hydrogen) atoms. The second-order valence-electron chi connectivity index (χ2n) is 5.53. The van der Waals surface area contributed by atoms with E-state index in [2.05, 4.69) is 34.6 Å². The van der Waals surface area contributed by atoms with Crippen molar-refractivity contribution < 1.29 is 13.7 Å². The van der Waals surface area contributed by atoms with Crippen molar-refractivity contribution in [1.29, 1.82) is 0 Å². The summed E-state index contributed by atoms with van der Waals surface area (Å²) in [4.78, 5) is 4.12. The highest BCUT2D eigenvalue weighted by molar-refractivity contribution is 5.79. The first-order valence-corrected chi connectivity index (χ1v) is 7.87. The molecule has 130 valence electrons. The van der Waals surface area contributed by atoms with E-state index in [1.54, 1.807) is 19.2 Å². The summed E-state index contributed by atoms with van der Waals surface area (Å²) in [5, 5.41) is 10.3. The fraction of sp³-hybridized carbons (Fsp3) is 0.412. The van der Waals surface area contributed by atoms with Gasteiger partial charge in [-0.25, -0.2) is 4.39 Å². The number of rotatable bonds is 7. The van der Waals surface area contributed by atoms with E-state index in [1.165, 1.54) is 12.1 Å². The molecule has 2 N–H and O–H groups in total. The molecule has 0 atom stereocenters. The van der Waals surface area contributed by atoms with E-state index in [-0.39, 0.29) is 5.82 Å². The number of nitrogens with zero attached hydrogens (tertiary/aromatic N) is 2. The summed E-state index contributed by atoms with van der Waals surface area (Å²) in [6, 6.07) is 7.99. The molecular formula is C17H23FN4O2. The third-order valence-corrected chi connectivity index (χ3v) is 3.28. The zero-order valence-electron chi connectivity index (χ0n) is 14.2. The van der Waals surface area contributed by atoms with Gasteiger partial charge >= 0.3 is 0 Å². The molecule has 0 radical (unpaired) electrons. The molecule has 0 aliphatic carbocycles. The number of guanidine groups is 1. The summed E-state index contributed by atoms with van der Waals surface area (Å²) in [6.07, 6.45) is 0. The molecular weight excluding hydrogens is 311 g/mol. The van der Waals surface area contributed by atoms with Crippen molar-refractivity contribution in [2.24, 2.45) is 4.99 Å². The van der Waals surface area contributed by atoms with Gasteiger partial charge in [-0.2, -0.15) is 0 Å². The van der Waals surface area contributed by atoms with Crippen molar-refractivity contribution in [2.45, 2.75) is 26.3 Å². The summed E-state index contributed by atoms with van der Waals surface area (Å²) in [5.74, 6) is 1.89. The third-order valence-electron chi connectivity index (χ3n) is 3.28. The molecule has 7 heteroatoms. The molecule has 0 fully saturated rings. The molecule has 0 aliphatic heterocycles. The van der Waals surface area contributed by atoms with Crippen LogP contribution in [0.15, 0.2) is 39.8 Å². The molecule has 2 aromatic rings. The van der Waals surface area contributed by atoms with Crippen LogP contribution in [0.4, 0.5) is 4.39 Å². The molecule has 0 aliphatic rings. The van der Waals surface area contributed by atoms with Gasteiger partial charge in [-0.3, -0.25) is 4.99 Å². The number of aliphatic imine (C=N–C) groups is 1. The van der Waals surface area contributed by atoms with E-state index in [9.17, 15) is 4.39 Å². The number of nitrogens with one attached hydrogen (secondary N) is 2. The highest BCUT2D eigenvalue weighted by Gasteiger charge is 2.08. The van der Waals surface area contributed by atoms with Crippen LogP contribution in [0.1, 0.15) is 31.2 Å². The Bertz CT molecular complexity index is 670. The Hall–Kier alpha value is -2.57. The highest BCUT2D eigenvalue weighted by atomic mass is 19.1. The Morgan fingerprint density at radius 3 is 2.83 bits per heavy atom. The predicted octanol–water partition coefficient (Wildman–Crippen LogP) is 2.68. The second-order valence-corrected chi connectivity index (χ2v) is 5.53. The van der Waals surface area contributed by atoms with Crippen molar-refractivity contribution in [3.8, 4) is 5.75 Å². The zero-order valence-corrected chi connectivity index (χ0v) is 14.2. The van der Waals surface area contributed by atoms with Crippen LogP contribution in [0.2, 0.25) is 0 Å². The zero-order chi connectivity index (χ0) is 17.4. The summed E-state index contributed by atoms with van der Waals surface area (Å²) in [5.41, 5.74) is 0.929. The molecule has 1 aromatic heterocycles. The Labute approximate surface area is 141 Å². The fourth-order valence-corrected chi connectivity index (χ4v) is 1.97. The minimum absolute atomic E-state index is 0.314. The second kappa shape index (κ2) is 8.90. The topological polar surface area (TPSA) is 71.7 Å². The number of benzene rings is 1. The molecule has 0 saturated heterocycles. The van der Waals surface area contributed by atoms with Gasteiger partial charge < -0.3 is 19.9 Å². The predicted molar refractivity (Wildman–Crippen MR) is 90.7 cm³/mol. The third kappa shape index (κ3) is 5.57. The van der Waals surface area contributed by atoms with Crippen molar-refractivity contribution >= 4 is 5.96 Å². The molecule has 6 nitrogen and oxygen atoms in total. The average Bonchev–Trinajstić information content (AvgIpc) is 3.03. The van der Waals surface area contributed by atoms with E-state index in [1.807, 2.05) is 6.07 Å². The Balaban J connectivity index is 1.70. The van der Waals surface area contributed by atoms with E-state index < -0.39 is 0 Å². The van der Waals surface area contributed by atoms with Gasteiger partial charge in [0.05, 0.1) is 18.8 Å². The number of ether oxygens (including phenoxy) is 1. The lowest BCUT2D eigenvalue weighted by atomic mass is 10.1. The number of hydrogen-bond donors (Lipinski definition) is 2. The van der Waals surface area contributed by atoms with Crippen molar-refractivity contribution in [3.05, 3.63) is 47.6 Å². The van der Waals surface area contributed by atoms with Gasteiger partial charge in [0.2, 0.25) is 0 Å². The molecule has 2 rings (SSSR count). The summed E-state index contributed by atoms with van der Waals surface area (Å²) in [7, 11) is 1.68. The van der Waals surface area contributed by atoms with Crippen molar-refractivity contribution in [3.63, 3.8) is 0 Å². The minimum Gasteiger partial charge on any atom is -0.492 e. The van der Waals surface area contributed by atoms with Crippen LogP contribution in [-0.4, -0.2) is 31.3 Å². The molecule has 0 saturated carbocycles. The van der Waals surface area contributed by atoms with Gasteiger partial charge in [-0.05, 0) is 18.1 Å². The lowest BCUT2D eigenvalue weighted by Gasteiger charge is -2.11. The quantitative estimate of drug-likeness (QED) is 0.463. The maximum Gasteiger partial charge on any atom is 0.191 e. The first-order valence-electron chi connectivity index (χ1n) is 7.87. The monoisotopic (exact) mass is 334 g/mol. The van der Waals surface area contributed by atoms with Gasteiger partial charge in [0, 0.05) is 19.2 Å². The lowest BCUT2D eigenvalue weighted by molar-refractivity contribution is 0.320. The van der Waals surface area contributed by atoms with Gasteiger partial charge in [-0.15, -0.1) is 0 Å². The van der Waals surface area contributed by atoms with Crippen LogP contribution in [0.25, 0.3) is 0 Å². The number of hydrogen-bond acceptors (Lipinski definition) is 4. The van der Waals surface area contributed by atoms with Gasteiger partial charge in [-0.1, -0.05) is 25.1 Å². The van der Waals surface area contributed by atoms with Crippen LogP contribution in [0, 0.1) is 5.82 Å². The molecule has 1 heterocycles. The summed E-state index contributed by atoms with van der Waals surface area (Å²) >= 11 is 0. The molecule has 0 unspecified atom stereocenters. The lowest BCUT2D eigenvalue weighted by Crippen LogP contribution is -2.38. The van der Waals surface area contributed by atoms with E-state index in [0.29, 0.717) is 37.3 Å². The van der Waals surface area contributed by atoms with Crippen LogP contribution in [0.3, 0.4) is 0 Å². The smallest absolute Gasteiger partial charge is 0.191 e. The number of aromatic nitrogens is 1. The van der Waals surface area contributed by atoms with Gasteiger partial charge in [0.25, 0.3) is 0 Å². The standard InChI is InChI=1S/C17H23FN4O2/c1-12(2)16-10-15(24-22-16)11-21-17(19-3)20-7-8-23-14-6-4-5-13(18)9-14/h4-6,9-10,12H,7-8,11H2,1-3H3,(H2,19,20,21). The Morgan fingerprint density at radius 1 is 1.33 bits per heavy atom. The minimum atomic E-state index is -0.314. The first kappa shape index (κ1) is 17.8. The van der Waals surface area contributed by atoms with Gasteiger partial charge in [0.15, 0.2) is 11.7 Å². The summed E-state index contributed by atoms with van der Waals surface area (Å²) < 4.78 is 23.8. The van der Waals surface area contributed by atoms with Crippen LogP contribution >= 0.6 is 0 Å². The maximum absolute atomic E-state index is 13.0. The van der Waals surface area contributed by atoms with E-state index >= 15 is 0 Å². The molecule has 1 aromatic carbocycles. The maximum atomic E-state index is 13.0. The SMILES string of the molecule is CN=C(NCCOc1cccc(F)c1)NCc1cc(C(C)C)no1. The van der Waals surface area contributed by atoms with Gasteiger partial charge in [0.1, 0.15) is 18.2 Å². The Morgan fingerprint density at radius 2 is 2.17 bits per heavy atom. The molecule has 0 spiro atoms. The molecule has 0 amide bonds. The van der Waals surface area contributed by atoms with Crippen LogP contribution in [-0.2, 0) is 6.54 Å². The highest BCUT2D eigenvalue weighted by Crippen LogP contribution is 2.13. The first-order chi connectivity index (χ1) is 11.6. The van der Waals surface area contributed by atoms with E-state index in [4.69, 9.17) is 9.26 Å². The van der Waals surface area contributed by atoms with E-state index in [0.717, 1.165) is 11.5 Å². The average molecular weight is 334 g/mol. The van der Waals surface area contributed by atoms with Crippen LogP contribution in [0.5, 0.6) is 5.75 Å². The normalized spacial score (nSPS) is 11.6. The van der Waals surface area contributed by atoms with Crippen molar-refractivity contribution in [1.82, 2.24) is 15.8 Å².